The Hall–Kier alpha value is -1.19. The van der Waals surface area contributed by atoms with Gasteiger partial charge in [0.05, 0.1) is 5.69 Å². The molecule has 2 aromatic heterocycles. The Morgan fingerprint density at radius 1 is 1.29 bits per heavy atom. The van der Waals surface area contributed by atoms with Crippen LogP contribution in [0.25, 0.3) is 0 Å². The second-order valence-electron chi connectivity index (χ2n) is 3.50. The smallest absolute Gasteiger partial charge is 0.128 e. The predicted octanol–water partition coefficient (Wildman–Crippen LogP) is 3.64. The molecule has 0 aliphatic heterocycles. The molecule has 0 N–H and O–H groups in total. The lowest BCUT2D eigenvalue weighted by Gasteiger charge is -2.26. The highest BCUT2D eigenvalue weighted by Gasteiger charge is 2.09. The molecule has 17 heavy (non-hydrogen) atoms. The van der Waals surface area contributed by atoms with E-state index in [1.54, 1.807) is 12.4 Å². The highest BCUT2D eigenvalue weighted by atomic mass is 35.5. The molecule has 0 aromatic carbocycles. The lowest BCUT2D eigenvalue weighted by atomic mass is 10.3. The van der Waals surface area contributed by atoms with Crippen LogP contribution < -0.4 is 5.01 Å². The van der Waals surface area contributed by atoms with Crippen molar-refractivity contribution in [2.45, 2.75) is 13.3 Å². The zero-order valence-electron chi connectivity index (χ0n) is 9.58. The van der Waals surface area contributed by atoms with Crippen LogP contribution in [0, 0.1) is 0 Å². The molecule has 0 radical (unpaired) electrons. The van der Waals surface area contributed by atoms with E-state index in [-0.39, 0.29) is 12.4 Å². The van der Waals surface area contributed by atoms with Crippen molar-refractivity contribution in [2.75, 3.05) is 11.6 Å². The van der Waals surface area contributed by atoms with E-state index in [4.69, 9.17) is 11.6 Å². The number of aromatic nitrogens is 2. The van der Waals surface area contributed by atoms with Gasteiger partial charge in [-0.2, -0.15) is 0 Å². The third-order valence-corrected chi connectivity index (χ3v) is 2.64. The van der Waals surface area contributed by atoms with E-state index < -0.39 is 0 Å². The summed E-state index contributed by atoms with van der Waals surface area (Å²) in [4.78, 5) is 4.02. The van der Waals surface area contributed by atoms with Crippen molar-refractivity contribution in [2.24, 2.45) is 0 Å². The molecule has 2 aromatic rings. The lowest BCUT2D eigenvalue weighted by Crippen LogP contribution is -2.29. The van der Waals surface area contributed by atoms with E-state index in [1.807, 2.05) is 35.1 Å². The van der Waals surface area contributed by atoms with Crippen LogP contribution in [0.4, 0.5) is 5.69 Å². The van der Waals surface area contributed by atoms with Gasteiger partial charge in [-0.05, 0) is 30.7 Å². The van der Waals surface area contributed by atoms with Gasteiger partial charge in [0.1, 0.15) is 5.15 Å². The Kier molecular flexibility index (Phi) is 5.32. The van der Waals surface area contributed by atoms with E-state index in [0.717, 1.165) is 18.7 Å². The zero-order chi connectivity index (χ0) is 11.4. The Balaban J connectivity index is 0.00000144. The van der Waals surface area contributed by atoms with Gasteiger partial charge < -0.3 is 0 Å². The third kappa shape index (κ3) is 3.14. The fraction of sp³-hybridized carbons (Fsp3) is 0.250. The summed E-state index contributed by atoms with van der Waals surface area (Å²) in [6.07, 6.45) is 6.58. The van der Waals surface area contributed by atoms with E-state index in [1.165, 1.54) is 0 Å². The normalized spacial score (nSPS) is 9.76. The molecule has 0 fully saturated rings. The molecule has 92 valence electrons. The van der Waals surface area contributed by atoms with Gasteiger partial charge in [-0.1, -0.05) is 18.5 Å². The van der Waals surface area contributed by atoms with Crippen molar-refractivity contribution in [1.29, 1.82) is 0 Å². The molecule has 0 bridgehead atoms. The van der Waals surface area contributed by atoms with E-state index in [9.17, 15) is 0 Å². The van der Waals surface area contributed by atoms with Crippen molar-refractivity contribution < 1.29 is 0 Å². The maximum atomic E-state index is 6.13. The first-order valence-corrected chi connectivity index (χ1v) is 5.71. The number of halogens is 2. The molecule has 3 nitrogen and oxygen atoms in total. The Bertz CT molecular complexity index is 442. The lowest BCUT2D eigenvalue weighted by molar-refractivity contribution is 0.679. The SMILES string of the molecule is CCCN(c1ccncc1)n1cccc1Cl.Cl. The first kappa shape index (κ1) is 13.9. The van der Waals surface area contributed by atoms with Crippen LogP contribution in [0.5, 0.6) is 0 Å². The number of hydrogen-bond donors (Lipinski definition) is 0. The van der Waals surface area contributed by atoms with Gasteiger partial charge in [0, 0.05) is 25.1 Å². The molecule has 0 saturated carbocycles. The molecule has 0 unspecified atom stereocenters. The van der Waals surface area contributed by atoms with Crippen molar-refractivity contribution in [3.8, 4) is 0 Å². The number of anilines is 1. The Labute approximate surface area is 112 Å². The van der Waals surface area contributed by atoms with Crippen LogP contribution in [0.3, 0.4) is 0 Å². The summed E-state index contributed by atoms with van der Waals surface area (Å²) in [6, 6.07) is 7.77. The summed E-state index contributed by atoms with van der Waals surface area (Å²) >= 11 is 6.13. The second kappa shape index (κ2) is 6.52. The molecule has 0 spiro atoms. The largest absolute Gasteiger partial charge is 0.280 e. The monoisotopic (exact) mass is 271 g/mol. The molecule has 2 heterocycles. The first-order chi connectivity index (χ1) is 7.83. The van der Waals surface area contributed by atoms with Gasteiger partial charge in [0.2, 0.25) is 0 Å². The van der Waals surface area contributed by atoms with Gasteiger partial charge in [-0.15, -0.1) is 12.4 Å². The number of pyridine rings is 1. The van der Waals surface area contributed by atoms with Crippen molar-refractivity contribution in [1.82, 2.24) is 9.66 Å². The average Bonchev–Trinajstić information content (AvgIpc) is 2.73. The maximum absolute atomic E-state index is 6.13. The van der Waals surface area contributed by atoms with Crippen molar-refractivity contribution >= 4 is 29.7 Å². The molecule has 0 aliphatic rings. The van der Waals surface area contributed by atoms with Crippen LogP contribution in [-0.4, -0.2) is 16.2 Å². The minimum absolute atomic E-state index is 0. The van der Waals surface area contributed by atoms with Crippen molar-refractivity contribution in [3.63, 3.8) is 0 Å². The molecule has 0 aliphatic carbocycles. The van der Waals surface area contributed by atoms with Gasteiger partial charge in [-0.3, -0.25) is 9.99 Å². The van der Waals surface area contributed by atoms with Gasteiger partial charge in [-0.25, -0.2) is 4.68 Å². The highest BCUT2D eigenvalue weighted by molar-refractivity contribution is 6.29. The van der Waals surface area contributed by atoms with Crippen LogP contribution in [0.2, 0.25) is 5.15 Å². The average molecular weight is 272 g/mol. The molecular formula is C12H15Cl2N3. The van der Waals surface area contributed by atoms with Gasteiger partial charge >= 0.3 is 0 Å². The number of hydrogen-bond acceptors (Lipinski definition) is 2. The number of rotatable bonds is 4. The predicted molar refractivity (Wildman–Crippen MR) is 74.0 cm³/mol. The van der Waals surface area contributed by atoms with E-state index in [2.05, 4.69) is 16.9 Å². The van der Waals surface area contributed by atoms with Gasteiger partial charge in [0.15, 0.2) is 0 Å². The first-order valence-electron chi connectivity index (χ1n) is 5.33. The maximum Gasteiger partial charge on any atom is 0.128 e. The fourth-order valence-corrected chi connectivity index (χ4v) is 1.86. The summed E-state index contributed by atoms with van der Waals surface area (Å²) in [5.41, 5.74) is 1.09. The molecule has 0 amide bonds. The van der Waals surface area contributed by atoms with Gasteiger partial charge in [0.25, 0.3) is 0 Å². The third-order valence-electron chi connectivity index (χ3n) is 2.34. The minimum Gasteiger partial charge on any atom is -0.280 e. The summed E-state index contributed by atoms with van der Waals surface area (Å²) in [6.45, 7) is 3.06. The standard InChI is InChI=1S/C12H14ClN3.ClH/c1-2-9-15(11-5-7-14-8-6-11)16-10-3-4-12(16)13;/h3-8,10H,2,9H2,1H3;1H. The Morgan fingerprint density at radius 2 is 2.00 bits per heavy atom. The molecule has 5 heteroatoms. The summed E-state index contributed by atoms with van der Waals surface area (Å²) < 4.78 is 1.94. The molecule has 2 rings (SSSR count). The van der Waals surface area contributed by atoms with Crippen LogP contribution in [0.1, 0.15) is 13.3 Å². The molecule has 0 atom stereocenters. The van der Waals surface area contributed by atoms with Crippen LogP contribution in [-0.2, 0) is 0 Å². The fourth-order valence-electron chi connectivity index (χ4n) is 1.64. The van der Waals surface area contributed by atoms with Crippen LogP contribution >= 0.6 is 24.0 Å². The second-order valence-corrected chi connectivity index (χ2v) is 3.89. The van der Waals surface area contributed by atoms with E-state index >= 15 is 0 Å². The molecule has 0 saturated heterocycles. The molecular weight excluding hydrogens is 257 g/mol. The highest BCUT2D eigenvalue weighted by Crippen LogP contribution is 2.18. The zero-order valence-corrected chi connectivity index (χ0v) is 11.2. The topological polar surface area (TPSA) is 21.1 Å². The summed E-state index contributed by atoms with van der Waals surface area (Å²) in [5, 5.41) is 2.84. The van der Waals surface area contributed by atoms with E-state index in [0.29, 0.717) is 5.15 Å². The minimum atomic E-state index is 0. The van der Waals surface area contributed by atoms with Crippen LogP contribution in [0.15, 0.2) is 42.9 Å². The number of nitrogens with zero attached hydrogens (tertiary/aromatic N) is 3. The Morgan fingerprint density at radius 3 is 2.53 bits per heavy atom. The quantitative estimate of drug-likeness (QED) is 0.847. The summed E-state index contributed by atoms with van der Waals surface area (Å²) in [7, 11) is 0. The van der Waals surface area contributed by atoms with Crippen molar-refractivity contribution in [3.05, 3.63) is 48.0 Å². The summed E-state index contributed by atoms with van der Waals surface area (Å²) in [5.74, 6) is 0.